The van der Waals surface area contributed by atoms with Crippen LogP contribution in [0.1, 0.15) is 11.1 Å². The fourth-order valence-electron chi connectivity index (χ4n) is 1.53. The minimum atomic E-state index is -0.398. The van der Waals surface area contributed by atoms with Crippen LogP contribution >= 0.6 is 15.9 Å². The van der Waals surface area contributed by atoms with Gasteiger partial charge in [0.2, 0.25) is 0 Å². The number of nitrogens with zero attached hydrogens (tertiary/aromatic N) is 1. The normalized spacial score (nSPS) is 10.4. The lowest BCUT2D eigenvalue weighted by atomic mass is 10.2. The van der Waals surface area contributed by atoms with Crippen LogP contribution < -0.4 is 4.74 Å². The van der Waals surface area contributed by atoms with E-state index in [1.54, 1.807) is 12.3 Å². The molecule has 0 aliphatic carbocycles. The molecule has 2 aromatic rings. The van der Waals surface area contributed by atoms with Crippen molar-refractivity contribution in [3.05, 3.63) is 58.1 Å². The van der Waals surface area contributed by atoms with E-state index in [9.17, 15) is 9.50 Å². The van der Waals surface area contributed by atoms with Gasteiger partial charge in [-0.05, 0) is 28.1 Å². The molecule has 0 saturated carbocycles. The molecule has 18 heavy (non-hydrogen) atoms. The summed E-state index contributed by atoms with van der Waals surface area (Å²) in [5.74, 6) is 0.162. The molecule has 1 N–H and O–H groups in total. The van der Waals surface area contributed by atoms with Crippen LogP contribution in [-0.2, 0) is 13.2 Å². The van der Waals surface area contributed by atoms with Crippen molar-refractivity contribution in [3.63, 3.8) is 0 Å². The Hall–Kier alpha value is -1.46. The molecular weight excluding hydrogens is 301 g/mol. The van der Waals surface area contributed by atoms with Gasteiger partial charge in [0.1, 0.15) is 18.2 Å². The Bertz CT molecular complexity index is 548. The van der Waals surface area contributed by atoms with Gasteiger partial charge in [0, 0.05) is 17.3 Å². The predicted octanol–water partition coefficient (Wildman–Crippen LogP) is 3.05. The van der Waals surface area contributed by atoms with Gasteiger partial charge in [0.05, 0.1) is 17.3 Å². The predicted molar refractivity (Wildman–Crippen MR) is 68.6 cm³/mol. The van der Waals surface area contributed by atoms with Gasteiger partial charge >= 0.3 is 0 Å². The Kier molecular flexibility index (Phi) is 4.28. The molecule has 1 aromatic heterocycles. The minimum Gasteiger partial charge on any atom is -0.487 e. The highest BCUT2D eigenvalue weighted by Gasteiger charge is 2.07. The van der Waals surface area contributed by atoms with Gasteiger partial charge in [-0.1, -0.05) is 12.1 Å². The minimum absolute atomic E-state index is 0.115. The Balaban J connectivity index is 2.15. The summed E-state index contributed by atoms with van der Waals surface area (Å²) in [6.45, 7) is 0.0799. The van der Waals surface area contributed by atoms with Gasteiger partial charge in [-0.2, -0.15) is 0 Å². The van der Waals surface area contributed by atoms with Gasteiger partial charge in [0.15, 0.2) is 0 Å². The first kappa shape index (κ1) is 13.0. The molecule has 1 heterocycles. The number of aliphatic hydroxyl groups is 1. The first-order valence-corrected chi connectivity index (χ1v) is 6.10. The van der Waals surface area contributed by atoms with Crippen molar-refractivity contribution in [1.82, 2.24) is 4.98 Å². The van der Waals surface area contributed by atoms with Crippen molar-refractivity contribution in [2.45, 2.75) is 13.2 Å². The molecule has 0 fully saturated rings. The van der Waals surface area contributed by atoms with E-state index >= 15 is 0 Å². The molecule has 0 amide bonds. The van der Waals surface area contributed by atoms with Gasteiger partial charge < -0.3 is 9.84 Å². The largest absolute Gasteiger partial charge is 0.487 e. The molecule has 0 aliphatic heterocycles. The summed E-state index contributed by atoms with van der Waals surface area (Å²) in [6.07, 6.45) is 2.68. The molecule has 5 heteroatoms. The number of hydrogen-bond acceptors (Lipinski definition) is 3. The first-order valence-electron chi connectivity index (χ1n) is 5.31. The molecule has 0 bridgehead atoms. The van der Waals surface area contributed by atoms with E-state index < -0.39 is 5.82 Å². The summed E-state index contributed by atoms with van der Waals surface area (Å²) in [7, 11) is 0. The van der Waals surface area contributed by atoms with Gasteiger partial charge in [0.25, 0.3) is 0 Å². The lowest BCUT2D eigenvalue weighted by molar-refractivity contribution is 0.257. The maximum Gasteiger partial charge on any atom is 0.141 e. The van der Waals surface area contributed by atoms with Crippen molar-refractivity contribution in [2.75, 3.05) is 0 Å². The number of rotatable bonds is 4. The topological polar surface area (TPSA) is 42.4 Å². The number of halogens is 2. The van der Waals surface area contributed by atoms with E-state index in [0.717, 1.165) is 10.7 Å². The smallest absolute Gasteiger partial charge is 0.141 e. The summed E-state index contributed by atoms with van der Waals surface area (Å²) in [4.78, 5) is 3.75. The highest BCUT2D eigenvalue weighted by molar-refractivity contribution is 9.10. The number of hydrogen-bond donors (Lipinski definition) is 1. The van der Waals surface area contributed by atoms with Crippen LogP contribution in [0.25, 0.3) is 0 Å². The lowest BCUT2D eigenvalue weighted by Crippen LogP contribution is -2.00. The summed E-state index contributed by atoms with van der Waals surface area (Å²) in [6, 6.07) is 6.76. The maximum absolute atomic E-state index is 13.0. The Morgan fingerprint density at radius 2 is 2.17 bits per heavy atom. The van der Waals surface area contributed by atoms with E-state index in [1.807, 2.05) is 12.1 Å². The van der Waals surface area contributed by atoms with Crippen molar-refractivity contribution < 1.29 is 14.2 Å². The van der Waals surface area contributed by atoms with Crippen molar-refractivity contribution in [1.29, 1.82) is 0 Å². The highest BCUT2D eigenvalue weighted by atomic mass is 79.9. The third kappa shape index (κ3) is 3.05. The Morgan fingerprint density at radius 1 is 1.33 bits per heavy atom. The molecule has 0 atom stereocenters. The number of ether oxygens (including phenoxy) is 1. The standard InChI is InChI=1S/C13H11BrFNO2/c14-12-3-1-2-10(7-17)13(12)18-8-9-4-11(15)6-16-5-9/h1-6,17H,7-8H2. The number of aromatic nitrogens is 1. The zero-order chi connectivity index (χ0) is 13.0. The molecule has 0 unspecified atom stereocenters. The van der Waals surface area contributed by atoms with Gasteiger partial charge in [-0.3, -0.25) is 4.98 Å². The summed E-state index contributed by atoms with van der Waals surface area (Å²) in [5, 5.41) is 9.21. The highest BCUT2D eigenvalue weighted by Crippen LogP contribution is 2.29. The molecule has 94 valence electrons. The fraction of sp³-hybridized carbons (Fsp3) is 0.154. The molecule has 3 nitrogen and oxygen atoms in total. The second-order valence-electron chi connectivity index (χ2n) is 3.69. The van der Waals surface area contributed by atoms with Crippen molar-refractivity contribution >= 4 is 15.9 Å². The molecule has 1 aromatic carbocycles. The van der Waals surface area contributed by atoms with Crippen LogP contribution in [0.15, 0.2) is 41.1 Å². The number of aliphatic hydroxyl groups excluding tert-OH is 1. The molecule has 0 aliphatic rings. The van der Waals surface area contributed by atoms with Crippen molar-refractivity contribution in [3.8, 4) is 5.75 Å². The van der Waals surface area contributed by atoms with Crippen LogP contribution in [0.4, 0.5) is 4.39 Å². The zero-order valence-corrected chi connectivity index (χ0v) is 11.0. The quantitative estimate of drug-likeness (QED) is 0.943. The molecule has 2 rings (SSSR count). The average molecular weight is 312 g/mol. The van der Waals surface area contributed by atoms with Crippen LogP contribution in [-0.4, -0.2) is 10.1 Å². The second-order valence-corrected chi connectivity index (χ2v) is 4.54. The van der Waals surface area contributed by atoms with Crippen LogP contribution in [0, 0.1) is 5.82 Å². The van der Waals surface area contributed by atoms with Crippen molar-refractivity contribution in [2.24, 2.45) is 0 Å². The molecule has 0 radical (unpaired) electrons. The third-order valence-electron chi connectivity index (χ3n) is 2.36. The van der Waals surface area contributed by atoms with E-state index in [4.69, 9.17) is 4.74 Å². The molecule has 0 saturated heterocycles. The van der Waals surface area contributed by atoms with E-state index in [2.05, 4.69) is 20.9 Å². The Labute approximate surface area is 112 Å². The van der Waals surface area contributed by atoms with Gasteiger partial charge in [-0.15, -0.1) is 0 Å². The molecule has 0 spiro atoms. The number of para-hydroxylation sites is 1. The van der Waals surface area contributed by atoms with Gasteiger partial charge in [-0.25, -0.2) is 4.39 Å². The van der Waals surface area contributed by atoms with E-state index in [0.29, 0.717) is 16.9 Å². The first-order chi connectivity index (χ1) is 8.70. The lowest BCUT2D eigenvalue weighted by Gasteiger charge is -2.11. The van der Waals surface area contributed by atoms with E-state index in [-0.39, 0.29) is 13.2 Å². The summed E-state index contributed by atoms with van der Waals surface area (Å²) < 4.78 is 19.3. The maximum atomic E-state index is 13.0. The molecular formula is C13H11BrFNO2. The Morgan fingerprint density at radius 3 is 2.89 bits per heavy atom. The summed E-state index contributed by atoms with van der Waals surface area (Å²) >= 11 is 3.35. The fourth-order valence-corrected chi connectivity index (χ4v) is 2.05. The second kappa shape index (κ2) is 5.93. The van der Waals surface area contributed by atoms with Crippen LogP contribution in [0.5, 0.6) is 5.75 Å². The van der Waals surface area contributed by atoms with Crippen LogP contribution in [0.3, 0.4) is 0 Å². The number of benzene rings is 1. The monoisotopic (exact) mass is 311 g/mol. The summed E-state index contributed by atoms with van der Waals surface area (Å²) in [5.41, 5.74) is 1.31. The van der Waals surface area contributed by atoms with Crippen LogP contribution in [0.2, 0.25) is 0 Å². The average Bonchev–Trinajstić information content (AvgIpc) is 2.37. The third-order valence-corrected chi connectivity index (χ3v) is 2.99. The van der Waals surface area contributed by atoms with E-state index in [1.165, 1.54) is 6.07 Å². The SMILES string of the molecule is OCc1cccc(Br)c1OCc1cncc(F)c1. The zero-order valence-electron chi connectivity index (χ0n) is 9.44. The number of pyridine rings is 1.